The second-order valence-electron chi connectivity index (χ2n) is 6.83. The van der Waals surface area contributed by atoms with Crippen molar-refractivity contribution < 1.29 is 23.9 Å². The van der Waals surface area contributed by atoms with Crippen LogP contribution in [0.5, 0.6) is 5.75 Å². The first kappa shape index (κ1) is 20.3. The molecule has 0 aliphatic carbocycles. The average Bonchev–Trinajstić information content (AvgIpc) is 2.98. The highest BCUT2D eigenvalue weighted by atomic mass is 19.1. The van der Waals surface area contributed by atoms with Gasteiger partial charge in [0.05, 0.1) is 0 Å². The lowest BCUT2D eigenvalue weighted by atomic mass is 10.0. The molecule has 0 aromatic heterocycles. The predicted molar refractivity (Wildman–Crippen MR) is 104 cm³/mol. The maximum Gasteiger partial charge on any atom is 0.255 e. The van der Waals surface area contributed by atoms with Crippen molar-refractivity contribution in [2.75, 3.05) is 6.54 Å². The molecular formula is C21H22FN3O4. The van der Waals surface area contributed by atoms with Crippen LogP contribution in [0.4, 0.5) is 4.39 Å². The Morgan fingerprint density at radius 3 is 2.86 bits per heavy atom. The largest absolute Gasteiger partial charge is 0.508 e. The van der Waals surface area contributed by atoms with Gasteiger partial charge in [0.2, 0.25) is 11.8 Å². The molecular weight excluding hydrogens is 377 g/mol. The lowest BCUT2D eigenvalue weighted by Gasteiger charge is -2.28. The molecule has 0 spiro atoms. The third-order valence-corrected chi connectivity index (χ3v) is 4.82. The molecule has 2 heterocycles. The number of piperidine rings is 1. The van der Waals surface area contributed by atoms with E-state index in [0.29, 0.717) is 11.1 Å². The van der Waals surface area contributed by atoms with Crippen molar-refractivity contribution in [2.45, 2.75) is 32.4 Å². The van der Waals surface area contributed by atoms with Gasteiger partial charge in [-0.15, -0.1) is 0 Å². The smallest absolute Gasteiger partial charge is 0.255 e. The number of amides is 3. The number of nitrogens with one attached hydrogen (secondary N) is 2. The van der Waals surface area contributed by atoms with Crippen LogP contribution in [0.25, 0.3) is 0 Å². The lowest BCUT2D eigenvalue weighted by Crippen LogP contribution is -2.52. The molecule has 3 N–H and O–H groups in total. The third kappa shape index (κ3) is 4.53. The second kappa shape index (κ2) is 8.72. The van der Waals surface area contributed by atoms with E-state index >= 15 is 0 Å². The third-order valence-electron chi connectivity index (χ3n) is 4.82. The van der Waals surface area contributed by atoms with Crippen LogP contribution in [0.1, 0.15) is 25.3 Å². The van der Waals surface area contributed by atoms with E-state index in [9.17, 15) is 23.9 Å². The summed E-state index contributed by atoms with van der Waals surface area (Å²) < 4.78 is 13.8. The molecule has 0 radical (unpaired) electrons. The number of benzene rings is 1. The molecule has 1 unspecified atom stereocenters. The number of phenols is 1. The summed E-state index contributed by atoms with van der Waals surface area (Å²) in [6, 6.07) is 3.07. The van der Waals surface area contributed by atoms with E-state index in [1.807, 2.05) is 6.92 Å². The number of hydrogen-bond donors (Lipinski definition) is 3. The summed E-state index contributed by atoms with van der Waals surface area (Å²) in [6.07, 6.45) is 7.25. The van der Waals surface area contributed by atoms with Gasteiger partial charge in [0, 0.05) is 36.8 Å². The number of imide groups is 1. The van der Waals surface area contributed by atoms with Gasteiger partial charge in [0.25, 0.3) is 5.91 Å². The van der Waals surface area contributed by atoms with Crippen molar-refractivity contribution in [3.63, 3.8) is 0 Å². The van der Waals surface area contributed by atoms with Crippen LogP contribution in [-0.4, -0.2) is 40.3 Å². The van der Waals surface area contributed by atoms with E-state index in [0.717, 1.165) is 0 Å². The number of likely N-dealkylation sites (tertiary alicyclic amines) is 1. The molecule has 2 fully saturated rings. The zero-order valence-electron chi connectivity index (χ0n) is 15.9. The Balaban J connectivity index is 1.79. The van der Waals surface area contributed by atoms with Gasteiger partial charge in [0.15, 0.2) is 0 Å². The SMILES string of the molecule is C\C=C/C=C1/C(=O)N(C2CCC(=O)NC2=O)C/C1=C\NCc1cc(O)ccc1F. The Morgan fingerprint density at radius 2 is 2.14 bits per heavy atom. The van der Waals surface area contributed by atoms with Crippen LogP contribution in [-0.2, 0) is 20.9 Å². The van der Waals surface area contributed by atoms with Gasteiger partial charge < -0.3 is 15.3 Å². The summed E-state index contributed by atoms with van der Waals surface area (Å²) in [6.45, 7) is 2.14. The van der Waals surface area contributed by atoms with E-state index in [-0.39, 0.29) is 49.1 Å². The number of carbonyl (C=O) groups excluding carboxylic acids is 3. The van der Waals surface area contributed by atoms with E-state index in [1.165, 1.54) is 23.1 Å². The molecule has 29 heavy (non-hydrogen) atoms. The highest BCUT2D eigenvalue weighted by molar-refractivity contribution is 6.07. The molecule has 0 bridgehead atoms. The fraction of sp³-hybridized carbons (Fsp3) is 0.286. The topological polar surface area (TPSA) is 98.7 Å². The van der Waals surface area contributed by atoms with Gasteiger partial charge in [-0.05, 0) is 43.2 Å². The van der Waals surface area contributed by atoms with Crippen molar-refractivity contribution >= 4 is 17.7 Å². The van der Waals surface area contributed by atoms with Gasteiger partial charge in [-0.2, -0.15) is 0 Å². The lowest BCUT2D eigenvalue weighted by molar-refractivity contribution is -0.142. The molecule has 3 rings (SSSR count). The maximum absolute atomic E-state index is 13.8. The Morgan fingerprint density at radius 1 is 1.34 bits per heavy atom. The van der Waals surface area contributed by atoms with Crippen molar-refractivity contribution in [3.05, 3.63) is 65.2 Å². The summed E-state index contributed by atoms with van der Waals surface area (Å²) in [5.41, 5.74) is 1.36. The molecule has 2 aliphatic rings. The Labute approximate surface area is 167 Å². The molecule has 0 saturated carbocycles. The molecule has 1 aromatic rings. The van der Waals surface area contributed by atoms with Gasteiger partial charge in [-0.3, -0.25) is 19.7 Å². The van der Waals surface area contributed by atoms with Crippen LogP contribution in [0.2, 0.25) is 0 Å². The number of aromatic hydroxyl groups is 1. The number of allylic oxidation sites excluding steroid dienone is 3. The highest BCUT2D eigenvalue weighted by Crippen LogP contribution is 2.28. The fourth-order valence-electron chi connectivity index (χ4n) is 3.34. The zero-order chi connectivity index (χ0) is 21.0. The molecule has 7 nitrogen and oxygen atoms in total. The average molecular weight is 399 g/mol. The van der Waals surface area contributed by atoms with E-state index in [4.69, 9.17) is 0 Å². The minimum absolute atomic E-state index is 0.0374. The summed E-state index contributed by atoms with van der Waals surface area (Å²) in [5.74, 6) is -1.60. The number of halogens is 1. The molecule has 1 aromatic carbocycles. The molecule has 152 valence electrons. The number of nitrogens with zero attached hydrogens (tertiary/aromatic N) is 1. The van der Waals surface area contributed by atoms with E-state index in [2.05, 4.69) is 10.6 Å². The molecule has 3 amide bonds. The van der Waals surface area contributed by atoms with Crippen molar-refractivity contribution in [3.8, 4) is 5.75 Å². The molecule has 2 aliphatic heterocycles. The predicted octanol–water partition coefficient (Wildman–Crippen LogP) is 1.65. The summed E-state index contributed by atoms with van der Waals surface area (Å²) in [7, 11) is 0. The zero-order valence-corrected chi connectivity index (χ0v) is 15.9. The molecule has 2 saturated heterocycles. The minimum atomic E-state index is -0.705. The molecule has 1 atom stereocenters. The van der Waals surface area contributed by atoms with Gasteiger partial charge in [-0.1, -0.05) is 12.2 Å². The van der Waals surface area contributed by atoms with Crippen LogP contribution >= 0.6 is 0 Å². The Hall–Kier alpha value is -3.42. The standard InChI is InChI=1S/C21H22FN3O4/c1-2-3-4-16-14(11-23-10-13-9-15(26)5-6-17(13)22)12-25(21(16)29)18-7-8-19(27)24-20(18)28/h2-6,9,11,18,23,26H,7-8,10,12H2,1H3,(H,24,27,28)/b3-2-,14-11+,16-4+. The van der Waals surface area contributed by atoms with E-state index in [1.54, 1.807) is 24.4 Å². The van der Waals surface area contributed by atoms with Crippen LogP contribution in [0.15, 0.2) is 53.8 Å². The normalized spacial score (nSPS) is 22.8. The second-order valence-corrected chi connectivity index (χ2v) is 6.83. The Kier molecular flexibility index (Phi) is 6.11. The van der Waals surface area contributed by atoms with E-state index < -0.39 is 17.8 Å². The summed E-state index contributed by atoms with van der Waals surface area (Å²) in [4.78, 5) is 37.9. The maximum atomic E-state index is 13.8. The quantitative estimate of drug-likeness (QED) is 0.517. The van der Waals surface area contributed by atoms with Crippen molar-refractivity contribution in [1.82, 2.24) is 15.5 Å². The van der Waals surface area contributed by atoms with Crippen LogP contribution in [0.3, 0.4) is 0 Å². The first-order chi connectivity index (χ1) is 13.9. The van der Waals surface area contributed by atoms with Gasteiger partial charge in [0.1, 0.15) is 17.6 Å². The number of carbonyl (C=O) groups is 3. The number of rotatable bonds is 5. The first-order valence-electron chi connectivity index (χ1n) is 9.28. The van der Waals surface area contributed by atoms with Crippen LogP contribution < -0.4 is 10.6 Å². The van der Waals surface area contributed by atoms with Crippen molar-refractivity contribution in [1.29, 1.82) is 0 Å². The summed E-state index contributed by atoms with van der Waals surface area (Å²) in [5, 5.41) is 14.7. The number of hydrogen-bond acceptors (Lipinski definition) is 5. The first-order valence-corrected chi connectivity index (χ1v) is 9.28. The highest BCUT2D eigenvalue weighted by Gasteiger charge is 2.40. The number of phenolic OH excluding ortho intramolecular Hbond substituents is 1. The Bertz CT molecular complexity index is 936. The summed E-state index contributed by atoms with van der Waals surface area (Å²) >= 11 is 0. The van der Waals surface area contributed by atoms with Gasteiger partial charge >= 0.3 is 0 Å². The van der Waals surface area contributed by atoms with Crippen LogP contribution in [0, 0.1) is 5.82 Å². The molecule has 8 heteroatoms. The minimum Gasteiger partial charge on any atom is -0.508 e. The van der Waals surface area contributed by atoms with Gasteiger partial charge in [-0.25, -0.2) is 4.39 Å². The monoisotopic (exact) mass is 399 g/mol. The van der Waals surface area contributed by atoms with Crippen molar-refractivity contribution in [2.24, 2.45) is 0 Å². The fourth-order valence-corrected chi connectivity index (χ4v) is 3.34.